The second kappa shape index (κ2) is 8.91. The number of carbonyl (C=O) groups excluding carboxylic acids is 1. The average molecular weight is 372 g/mol. The molecule has 6 nitrogen and oxygen atoms in total. The first kappa shape index (κ1) is 18.5. The van der Waals surface area contributed by atoms with E-state index in [0.29, 0.717) is 6.04 Å². The summed E-state index contributed by atoms with van der Waals surface area (Å²) in [7, 11) is 0. The van der Waals surface area contributed by atoms with Gasteiger partial charge in [0.1, 0.15) is 0 Å². The zero-order valence-corrected chi connectivity index (χ0v) is 16.4. The van der Waals surface area contributed by atoms with Gasteiger partial charge in [-0.2, -0.15) is 0 Å². The SMILES string of the molecule is O=C(NC1CCN(CC2CCCC2)CC1)N1CCN(c2ccncc2)CC1. The van der Waals surface area contributed by atoms with Crippen LogP contribution in [0.5, 0.6) is 0 Å². The Bertz CT molecular complexity index is 588. The van der Waals surface area contributed by atoms with Crippen LogP contribution < -0.4 is 10.2 Å². The minimum Gasteiger partial charge on any atom is -0.368 e. The lowest BCUT2D eigenvalue weighted by Gasteiger charge is -2.38. The Labute approximate surface area is 162 Å². The molecule has 1 aromatic heterocycles. The van der Waals surface area contributed by atoms with Crippen LogP contribution in [0.4, 0.5) is 10.5 Å². The predicted molar refractivity (Wildman–Crippen MR) is 108 cm³/mol. The van der Waals surface area contributed by atoms with Crippen LogP contribution in [-0.2, 0) is 0 Å². The quantitative estimate of drug-likeness (QED) is 0.884. The molecule has 0 bridgehead atoms. The summed E-state index contributed by atoms with van der Waals surface area (Å²) in [6.07, 6.45) is 11.5. The van der Waals surface area contributed by atoms with E-state index in [1.165, 1.54) is 37.9 Å². The van der Waals surface area contributed by atoms with Crippen LogP contribution in [0.25, 0.3) is 0 Å². The maximum atomic E-state index is 12.6. The van der Waals surface area contributed by atoms with Crippen molar-refractivity contribution in [3.8, 4) is 0 Å². The first-order valence-corrected chi connectivity index (χ1v) is 10.7. The van der Waals surface area contributed by atoms with Crippen molar-refractivity contribution >= 4 is 11.7 Å². The molecule has 0 radical (unpaired) electrons. The van der Waals surface area contributed by atoms with Crippen molar-refractivity contribution in [1.29, 1.82) is 0 Å². The summed E-state index contributed by atoms with van der Waals surface area (Å²) in [4.78, 5) is 23.6. The molecule has 0 unspecified atom stereocenters. The average Bonchev–Trinajstić information content (AvgIpc) is 3.23. The van der Waals surface area contributed by atoms with E-state index in [-0.39, 0.29) is 6.03 Å². The molecule has 27 heavy (non-hydrogen) atoms. The maximum Gasteiger partial charge on any atom is 0.317 e. The molecule has 3 aliphatic rings. The van der Waals surface area contributed by atoms with Crippen molar-refractivity contribution in [3.05, 3.63) is 24.5 Å². The summed E-state index contributed by atoms with van der Waals surface area (Å²) in [6.45, 7) is 6.89. The monoisotopic (exact) mass is 371 g/mol. The molecule has 1 N–H and O–H groups in total. The van der Waals surface area contributed by atoms with Gasteiger partial charge in [0.2, 0.25) is 0 Å². The molecule has 2 amide bonds. The molecule has 3 heterocycles. The lowest BCUT2D eigenvalue weighted by atomic mass is 10.0. The van der Waals surface area contributed by atoms with Crippen LogP contribution in [-0.4, -0.2) is 72.7 Å². The molecule has 2 aliphatic heterocycles. The summed E-state index contributed by atoms with van der Waals surface area (Å²) in [5.41, 5.74) is 1.19. The molecule has 0 aromatic carbocycles. The number of pyridine rings is 1. The molecule has 0 spiro atoms. The second-order valence-corrected chi connectivity index (χ2v) is 8.35. The number of piperazine rings is 1. The lowest BCUT2D eigenvalue weighted by Crippen LogP contribution is -2.55. The van der Waals surface area contributed by atoms with E-state index in [0.717, 1.165) is 58.0 Å². The van der Waals surface area contributed by atoms with E-state index in [1.54, 1.807) is 0 Å². The van der Waals surface area contributed by atoms with Crippen LogP contribution in [0.1, 0.15) is 38.5 Å². The Morgan fingerprint density at radius 2 is 1.63 bits per heavy atom. The minimum atomic E-state index is 0.124. The summed E-state index contributed by atoms with van der Waals surface area (Å²) in [6, 6.07) is 4.54. The van der Waals surface area contributed by atoms with Gasteiger partial charge < -0.3 is 20.0 Å². The van der Waals surface area contributed by atoms with E-state index in [9.17, 15) is 4.79 Å². The zero-order chi connectivity index (χ0) is 18.5. The molecule has 6 heteroatoms. The number of nitrogens with one attached hydrogen (secondary N) is 1. The fraction of sp³-hybridized carbons (Fsp3) is 0.714. The molecule has 148 valence electrons. The molecule has 1 aliphatic carbocycles. The van der Waals surface area contributed by atoms with Gasteiger partial charge >= 0.3 is 6.03 Å². The van der Waals surface area contributed by atoms with Gasteiger partial charge in [-0.05, 0) is 43.7 Å². The van der Waals surface area contributed by atoms with E-state index >= 15 is 0 Å². The van der Waals surface area contributed by atoms with Gasteiger partial charge in [0.25, 0.3) is 0 Å². The Morgan fingerprint density at radius 3 is 2.30 bits per heavy atom. The van der Waals surface area contributed by atoms with Crippen molar-refractivity contribution in [1.82, 2.24) is 20.1 Å². The van der Waals surface area contributed by atoms with E-state index in [1.807, 2.05) is 29.4 Å². The highest BCUT2D eigenvalue weighted by Crippen LogP contribution is 2.26. The molecule has 1 saturated carbocycles. The normalized spacial score (nSPS) is 23.0. The number of piperidine rings is 1. The number of rotatable bonds is 4. The fourth-order valence-electron chi connectivity index (χ4n) is 4.81. The third kappa shape index (κ3) is 4.92. The largest absolute Gasteiger partial charge is 0.368 e. The van der Waals surface area contributed by atoms with Crippen molar-refractivity contribution < 1.29 is 4.79 Å². The van der Waals surface area contributed by atoms with Crippen molar-refractivity contribution in [2.45, 2.75) is 44.6 Å². The first-order chi connectivity index (χ1) is 13.3. The van der Waals surface area contributed by atoms with Crippen molar-refractivity contribution in [2.24, 2.45) is 5.92 Å². The molecule has 3 fully saturated rings. The number of hydrogen-bond donors (Lipinski definition) is 1. The van der Waals surface area contributed by atoms with E-state index in [2.05, 4.69) is 20.1 Å². The van der Waals surface area contributed by atoms with E-state index < -0.39 is 0 Å². The van der Waals surface area contributed by atoms with Crippen LogP contribution >= 0.6 is 0 Å². The fourth-order valence-corrected chi connectivity index (χ4v) is 4.81. The van der Waals surface area contributed by atoms with Gasteiger partial charge in [-0.25, -0.2) is 4.79 Å². The third-order valence-electron chi connectivity index (χ3n) is 6.50. The Hall–Kier alpha value is -1.82. The molecule has 2 saturated heterocycles. The highest BCUT2D eigenvalue weighted by molar-refractivity contribution is 5.75. The van der Waals surface area contributed by atoms with Crippen LogP contribution in [0.3, 0.4) is 0 Å². The number of amides is 2. The number of carbonyl (C=O) groups is 1. The number of anilines is 1. The highest BCUT2D eigenvalue weighted by Gasteiger charge is 2.27. The summed E-state index contributed by atoms with van der Waals surface area (Å²) in [5.74, 6) is 0.924. The van der Waals surface area contributed by atoms with Gasteiger partial charge in [-0.15, -0.1) is 0 Å². The van der Waals surface area contributed by atoms with Gasteiger partial charge in [-0.1, -0.05) is 12.8 Å². The smallest absolute Gasteiger partial charge is 0.317 e. The Kier molecular flexibility index (Phi) is 6.12. The maximum absolute atomic E-state index is 12.6. The van der Waals surface area contributed by atoms with Gasteiger partial charge in [-0.3, -0.25) is 4.98 Å². The van der Waals surface area contributed by atoms with Crippen molar-refractivity contribution in [2.75, 3.05) is 50.7 Å². The number of likely N-dealkylation sites (tertiary alicyclic amines) is 1. The third-order valence-corrected chi connectivity index (χ3v) is 6.50. The summed E-state index contributed by atoms with van der Waals surface area (Å²) in [5, 5.41) is 3.29. The Balaban J connectivity index is 1.17. The molecular weight excluding hydrogens is 338 g/mol. The van der Waals surface area contributed by atoms with Crippen LogP contribution in [0.15, 0.2) is 24.5 Å². The summed E-state index contributed by atoms with van der Waals surface area (Å²) < 4.78 is 0. The Morgan fingerprint density at radius 1 is 0.963 bits per heavy atom. The number of urea groups is 1. The number of nitrogens with zero attached hydrogens (tertiary/aromatic N) is 4. The van der Waals surface area contributed by atoms with Gasteiger partial charge in [0.05, 0.1) is 0 Å². The standard InChI is InChI=1S/C21H33N5O/c27-21(26-15-13-25(14-16-26)20-5-9-22-10-6-20)23-19-7-11-24(12-8-19)17-18-3-1-2-4-18/h5-6,9-10,18-19H,1-4,7-8,11-17H2,(H,23,27). The topological polar surface area (TPSA) is 51.7 Å². The minimum absolute atomic E-state index is 0.124. The van der Waals surface area contributed by atoms with E-state index in [4.69, 9.17) is 0 Å². The molecule has 0 atom stereocenters. The van der Waals surface area contributed by atoms with Gasteiger partial charge in [0, 0.05) is 69.9 Å². The molecular formula is C21H33N5O. The molecule has 1 aromatic rings. The van der Waals surface area contributed by atoms with Crippen molar-refractivity contribution in [3.63, 3.8) is 0 Å². The predicted octanol–water partition coefficient (Wildman–Crippen LogP) is 2.57. The number of hydrogen-bond acceptors (Lipinski definition) is 4. The molecule has 4 rings (SSSR count). The zero-order valence-electron chi connectivity index (χ0n) is 16.4. The van der Waals surface area contributed by atoms with Crippen LogP contribution in [0.2, 0.25) is 0 Å². The highest BCUT2D eigenvalue weighted by atomic mass is 16.2. The van der Waals surface area contributed by atoms with Crippen LogP contribution in [0, 0.1) is 5.92 Å². The second-order valence-electron chi connectivity index (χ2n) is 8.35. The summed E-state index contributed by atoms with van der Waals surface area (Å²) >= 11 is 0. The number of aromatic nitrogens is 1. The van der Waals surface area contributed by atoms with Gasteiger partial charge in [0.15, 0.2) is 0 Å². The first-order valence-electron chi connectivity index (χ1n) is 10.7. The lowest BCUT2D eigenvalue weighted by molar-refractivity contribution is 0.159.